The fourth-order valence-electron chi connectivity index (χ4n) is 2.10. The lowest BCUT2D eigenvalue weighted by molar-refractivity contribution is 0.0526. The molecule has 0 fully saturated rings. The van der Waals surface area contributed by atoms with Crippen molar-refractivity contribution in [3.05, 3.63) is 60.6 Å². The maximum atomic E-state index is 11.6. The van der Waals surface area contributed by atoms with E-state index in [9.17, 15) is 4.79 Å². The molecule has 3 aromatic rings. The molecule has 0 radical (unpaired) electrons. The number of pyridine rings is 1. The molecule has 20 heavy (non-hydrogen) atoms. The Labute approximate surface area is 116 Å². The van der Waals surface area contributed by atoms with Gasteiger partial charge in [-0.05, 0) is 42.3 Å². The van der Waals surface area contributed by atoms with E-state index in [0.717, 1.165) is 16.8 Å². The van der Waals surface area contributed by atoms with E-state index in [1.807, 2.05) is 41.1 Å². The van der Waals surface area contributed by atoms with Crippen molar-refractivity contribution in [3.63, 3.8) is 0 Å². The summed E-state index contributed by atoms with van der Waals surface area (Å²) in [7, 11) is 0. The van der Waals surface area contributed by atoms with Gasteiger partial charge in [0, 0.05) is 18.6 Å². The minimum absolute atomic E-state index is 0.288. The van der Waals surface area contributed by atoms with Crippen molar-refractivity contribution in [3.8, 4) is 11.1 Å². The maximum Gasteiger partial charge on any atom is 0.338 e. The molecule has 0 saturated carbocycles. The van der Waals surface area contributed by atoms with Crippen molar-refractivity contribution in [2.45, 2.75) is 6.92 Å². The molecule has 0 amide bonds. The molecule has 2 heterocycles. The van der Waals surface area contributed by atoms with Crippen LogP contribution in [0.3, 0.4) is 0 Å². The quantitative estimate of drug-likeness (QED) is 0.684. The fourth-order valence-corrected chi connectivity index (χ4v) is 2.10. The molecule has 4 heteroatoms. The second-order valence-electron chi connectivity index (χ2n) is 4.41. The number of ether oxygens (including phenoxy) is 1. The molecular weight excluding hydrogens is 252 g/mol. The van der Waals surface area contributed by atoms with Crippen molar-refractivity contribution in [1.82, 2.24) is 9.38 Å². The van der Waals surface area contributed by atoms with E-state index in [2.05, 4.69) is 4.98 Å². The van der Waals surface area contributed by atoms with Crippen LogP contribution in [0.2, 0.25) is 0 Å². The number of esters is 1. The predicted molar refractivity (Wildman–Crippen MR) is 76.6 cm³/mol. The highest BCUT2D eigenvalue weighted by Gasteiger charge is 2.06. The van der Waals surface area contributed by atoms with Crippen LogP contribution in [-0.2, 0) is 4.74 Å². The zero-order chi connectivity index (χ0) is 13.9. The molecule has 4 nitrogen and oxygen atoms in total. The highest BCUT2D eigenvalue weighted by molar-refractivity contribution is 5.90. The summed E-state index contributed by atoms with van der Waals surface area (Å²) in [5.41, 5.74) is 3.61. The molecule has 0 N–H and O–H groups in total. The lowest BCUT2D eigenvalue weighted by Crippen LogP contribution is -2.04. The summed E-state index contributed by atoms with van der Waals surface area (Å²) < 4.78 is 6.94. The van der Waals surface area contributed by atoms with Gasteiger partial charge in [-0.2, -0.15) is 0 Å². The Bertz CT molecular complexity index is 745. The van der Waals surface area contributed by atoms with Crippen LogP contribution in [0.1, 0.15) is 17.3 Å². The van der Waals surface area contributed by atoms with Crippen molar-refractivity contribution in [1.29, 1.82) is 0 Å². The van der Waals surface area contributed by atoms with Gasteiger partial charge in [0.15, 0.2) is 0 Å². The molecule has 0 unspecified atom stereocenters. The van der Waals surface area contributed by atoms with Gasteiger partial charge in [-0.15, -0.1) is 0 Å². The number of carbonyl (C=O) groups is 1. The van der Waals surface area contributed by atoms with Gasteiger partial charge in [-0.3, -0.25) is 0 Å². The van der Waals surface area contributed by atoms with E-state index < -0.39 is 0 Å². The van der Waals surface area contributed by atoms with Gasteiger partial charge in [-0.25, -0.2) is 9.78 Å². The van der Waals surface area contributed by atoms with Gasteiger partial charge in [-0.1, -0.05) is 12.1 Å². The topological polar surface area (TPSA) is 43.6 Å². The fraction of sp³-hybridized carbons (Fsp3) is 0.125. The number of benzene rings is 1. The van der Waals surface area contributed by atoms with Crippen LogP contribution in [0, 0.1) is 0 Å². The van der Waals surface area contributed by atoms with Crippen LogP contribution < -0.4 is 0 Å². The van der Waals surface area contributed by atoms with Gasteiger partial charge in [0.25, 0.3) is 0 Å². The normalized spacial score (nSPS) is 10.7. The molecule has 0 saturated heterocycles. The summed E-state index contributed by atoms with van der Waals surface area (Å²) >= 11 is 0. The van der Waals surface area contributed by atoms with Crippen LogP contribution in [0.5, 0.6) is 0 Å². The summed E-state index contributed by atoms with van der Waals surface area (Å²) in [6.07, 6.45) is 5.69. The van der Waals surface area contributed by atoms with Crippen molar-refractivity contribution in [2.75, 3.05) is 6.61 Å². The Morgan fingerprint density at radius 2 is 1.90 bits per heavy atom. The van der Waals surface area contributed by atoms with Crippen LogP contribution in [0.4, 0.5) is 0 Å². The van der Waals surface area contributed by atoms with E-state index in [1.54, 1.807) is 25.3 Å². The molecule has 0 aliphatic heterocycles. The number of fused-ring (bicyclic) bond motifs is 1. The Morgan fingerprint density at radius 3 is 2.65 bits per heavy atom. The zero-order valence-corrected chi connectivity index (χ0v) is 11.1. The Morgan fingerprint density at radius 1 is 1.15 bits per heavy atom. The SMILES string of the molecule is CCOC(=O)c1ccc(-c2ccc3nccn3c2)cc1. The summed E-state index contributed by atoms with van der Waals surface area (Å²) in [6.45, 7) is 2.19. The number of carbonyl (C=O) groups excluding carboxylic acids is 1. The minimum Gasteiger partial charge on any atom is -0.462 e. The molecule has 0 aliphatic carbocycles. The Hall–Kier alpha value is -2.62. The van der Waals surface area contributed by atoms with E-state index >= 15 is 0 Å². The second kappa shape index (κ2) is 5.17. The van der Waals surface area contributed by atoms with Crippen molar-refractivity contribution in [2.24, 2.45) is 0 Å². The Kier molecular flexibility index (Phi) is 3.21. The number of hydrogen-bond donors (Lipinski definition) is 0. The third-order valence-electron chi connectivity index (χ3n) is 3.12. The molecule has 0 atom stereocenters. The summed E-state index contributed by atoms with van der Waals surface area (Å²) in [5, 5.41) is 0. The lowest BCUT2D eigenvalue weighted by Gasteiger charge is -2.05. The summed E-state index contributed by atoms with van der Waals surface area (Å²) in [5.74, 6) is -0.288. The van der Waals surface area contributed by atoms with E-state index in [0.29, 0.717) is 12.2 Å². The van der Waals surface area contributed by atoms with Gasteiger partial charge < -0.3 is 9.14 Å². The summed E-state index contributed by atoms with van der Waals surface area (Å²) in [6, 6.07) is 11.4. The van der Waals surface area contributed by atoms with Crippen molar-refractivity contribution < 1.29 is 9.53 Å². The molecule has 0 bridgehead atoms. The van der Waals surface area contributed by atoms with Crippen LogP contribution >= 0.6 is 0 Å². The Balaban J connectivity index is 1.92. The first kappa shape index (κ1) is 12.4. The number of aromatic nitrogens is 2. The lowest BCUT2D eigenvalue weighted by atomic mass is 10.1. The first-order valence-corrected chi connectivity index (χ1v) is 6.48. The molecule has 1 aromatic carbocycles. The minimum atomic E-state index is -0.288. The van der Waals surface area contributed by atoms with E-state index in [1.165, 1.54) is 0 Å². The third kappa shape index (κ3) is 2.28. The number of hydrogen-bond acceptors (Lipinski definition) is 3. The number of nitrogens with zero attached hydrogens (tertiary/aromatic N) is 2. The molecule has 100 valence electrons. The van der Waals surface area contributed by atoms with E-state index in [-0.39, 0.29) is 5.97 Å². The first-order chi connectivity index (χ1) is 9.78. The maximum absolute atomic E-state index is 11.6. The highest BCUT2D eigenvalue weighted by atomic mass is 16.5. The van der Waals surface area contributed by atoms with Gasteiger partial charge in [0.05, 0.1) is 12.2 Å². The summed E-state index contributed by atoms with van der Waals surface area (Å²) in [4.78, 5) is 15.8. The first-order valence-electron chi connectivity index (χ1n) is 6.48. The molecule has 2 aromatic heterocycles. The zero-order valence-electron chi connectivity index (χ0n) is 11.1. The standard InChI is InChI=1S/C16H14N2O2/c1-2-20-16(19)13-5-3-12(4-6-13)14-7-8-15-17-9-10-18(15)11-14/h3-11H,2H2,1H3. The van der Waals surface area contributed by atoms with Crippen LogP contribution in [0.15, 0.2) is 55.0 Å². The van der Waals surface area contributed by atoms with Crippen molar-refractivity contribution >= 4 is 11.6 Å². The smallest absolute Gasteiger partial charge is 0.338 e. The molecule has 0 aliphatic rings. The monoisotopic (exact) mass is 266 g/mol. The number of imidazole rings is 1. The van der Waals surface area contributed by atoms with Gasteiger partial charge in [0.2, 0.25) is 0 Å². The number of rotatable bonds is 3. The third-order valence-corrected chi connectivity index (χ3v) is 3.12. The van der Waals surface area contributed by atoms with E-state index in [4.69, 9.17) is 4.74 Å². The van der Waals surface area contributed by atoms with Gasteiger partial charge in [0.1, 0.15) is 5.65 Å². The van der Waals surface area contributed by atoms with Crippen LogP contribution in [-0.4, -0.2) is 22.0 Å². The molecular formula is C16H14N2O2. The predicted octanol–water partition coefficient (Wildman–Crippen LogP) is 3.18. The largest absolute Gasteiger partial charge is 0.462 e. The highest BCUT2D eigenvalue weighted by Crippen LogP contribution is 2.20. The average Bonchev–Trinajstić information content (AvgIpc) is 2.95. The molecule has 3 rings (SSSR count). The van der Waals surface area contributed by atoms with Gasteiger partial charge >= 0.3 is 5.97 Å². The van der Waals surface area contributed by atoms with Crippen LogP contribution in [0.25, 0.3) is 16.8 Å². The molecule has 0 spiro atoms. The second-order valence-corrected chi connectivity index (χ2v) is 4.41. The average molecular weight is 266 g/mol.